The fourth-order valence-corrected chi connectivity index (χ4v) is 2.58. The van der Waals surface area contributed by atoms with Crippen LogP contribution in [0.1, 0.15) is 21.3 Å². The van der Waals surface area contributed by atoms with Gasteiger partial charge in [0.1, 0.15) is 17.1 Å². The van der Waals surface area contributed by atoms with Crippen molar-refractivity contribution >= 4 is 23.2 Å². The molecule has 110 valence electrons. The van der Waals surface area contributed by atoms with Gasteiger partial charge in [-0.15, -0.1) is 11.3 Å². The molecule has 1 unspecified atom stereocenters. The molecule has 5 nitrogen and oxygen atoms in total. The van der Waals surface area contributed by atoms with E-state index in [0.717, 1.165) is 6.07 Å². The normalized spacial score (nSPS) is 11.7. The van der Waals surface area contributed by atoms with Crippen LogP contribution in [0, 0.1) is 5.82 Å². The van der Waals surface area contributed by atoms with Crippen LogP contribution in [0.2, 0.25) is 0 Å². The predicted molar refractivity (Wildman–Crippen MR) is 75.1 cm³/mol. The monoisotopic (exact) mass is 309 g/mol. The van der Waals surface area contributed by atoms with Crippen LogP contribution in [-0.4, -0.2) is 24.1 Å². The number of methoxy groups -OCH3 is 1. The molecular formula is C14H12FNO4S. The van der Waals surface area contributed by atoms with Crippen LogP contribution >= 0.6 is 11.3 Å². The minimum Gasteiger partial charge on any atom is -0.496 e. The summed E-state index contributed by atoms with van der Waals surface area (Å²) in [6.45, 7) is 0. The fourth-order valence-electron chi connectivity index (χ4n) is 1.81. The van der Waals surface area contributed by atoms with E-state index in [2.05, 4.69) is 5.32 Å². The van der Waals surface area contributed by atoms with Gasteiger partial charge in [-0.05, 0) is 23.6 Å². The smallest absolute Gasteiger partial charge is 0.331 e. The van der Waals surface area contributed by atoms with E-state index in [1.54, 1.807) is 17.5 Å². The van der Waals surface area contributed by atoms with Crippen molar-refractivity contribution in [3.8, 4) is 5.75 Å². The number of nitrogens with one attached hydrogen (secondary N) is 1. The molecule has 0 fully saturated rings. The van der Waals surface area contributed by atoms with Crippen LogP contribution in [0.3, 0.4) is 0 Å². The summed E-state index contributed by atoms with van der Waals surface area (Å²) < 4.78 is 18.7. The van der Waals surface area contributed by atoms with Crippen LogP contribution in [0.25, 0.3) is 0 Å². The molecule has 0 aliphatic heterocycles. The number of hydrogen-bond donors (Lipinski definition) is 2. The Labute approximate surface area is 124 Å². The SMILES string of the molecule is COc1cccc(F)c1C(=O)NC(C(=O)O)c1cccs1. The maximum Gasteiger partial charge on any atom is 0.331 e. The first kappa shape index (κ1) is 15.0. The minimum absolute atomic E-state index is 0.0443. The summed E-state index contributed by atoms with van der Waals surface area (Å²) in [5.41, 5.74) is -0.317. The van der Waals surface area contributed by atoms with Crippen molar-refractivity contribution in [2.45, 2.75) is 6.04 Å². The molecule has 1 heterocycles. The van der Waals surface area contributed by atoms with E-state index in [-0.39, 0.29) is 11.3 Å². The van der Waals surface area contributed by atoms with Gasteiger partial charge >= 0.3 is 5.97 Å². The van der Waals surface area contributed by atoms with Crippen LogP contribution < -0.4 is 10.1 Å². The lowest BCUT2D eigenvalue weighted by molar-refractivity contribution is -0.139. The molecule has 7 heteroatoms. The van der Waals surface area contributed by atoms with Crippen molar-refractivity contribution in [3.63, 3.8) is 0 Å². The number of carbonyl (C=O) groups is 2. The number of aliphatic carboxylic acids is 1. The Balaban J connectivity index is 2.30. The molecule has 1 aromatic carbocycles. The molecule has 0 aliphatic rings. The third-order valence-electron chi connectivity index (χ3n) is 2.77. The predicted octanol–water partition coefficient (Wildman–Crippen LogP) is 2.45. The lowest BCUT2D eigenvalue weighted by Gasteiger charge is -2.15. The number of rotatable bonds is 5. The number of carboxylic acids is 1. The third-order valence-corrected chi connectivity index (χ3v) is 3.71. The molecule has 2 aromatic rings. The summed E-state index contributed by atoms with van der Waals surface area (Å²) in [7, 11) is 1.31. The fraction of sp³-hybridized carbons (Fsp3) is 0.143. The Bertz CT molecular complexity index is 657. The lowest BCUT2D eigenvalue weighted by Crippen LogP contribution is -2.34. The second kappa shape index (κ2) is 6.36. The molecule has 2 N–H and O–H groups in total. The summed E-state index contributed by atoms with van der Waals surface area (Å²) >= 11 is 1.19. The number of amides is 1. The van der Waals surface area contributed by atoms with Gasteiger partial charge in [-0.1, -0.05) is 12.1 Å². The standard InChI is InChI=1S/C14H12FNO4S/c1-20-9-5-2-4-8(15)11(9)13(17)16-12(14(18)19)10-6-3-7-21-10/h2-7,12H,1H3,(H,16,17)(H,18,19). The number of carboxylic acid groups (broad SMARTS) is 1. The molecule has 2 rings (SSSR count). The molecule has 0 saturated carbocycles. The summed E-state index contributed by atoms with van der Waals surface area (Å²) in [5.74, 6) is -2.79. The largest absolute Gasteiger partial charge is 0.496 e. The van der Waals surface area contributed by atoms with E-state index < -0.39 is 23.7 Å². The van der Waals surface area contributed by atoms with E-state index >= 15 is 0 Å². The molecule has 0 saturated heterocycles. The van der Waals surface area contributed by atoms with E-state index in [4.69, 9.17) is 4.74 Å². The second-order valence-electron chi connectivity index (χ2n) is 4.08. The number of halogens is 1. The molecule has 0 radical (unpaired) electrons. The molecule has 0 spiro atoms. The number of hydrogen-bond acceptors (Lipinski definition) is 4. The van der Waals surface area contributed by atoms with Crippen LogP contribution in [0.4, 0.5) is 4.39 Å². The Morgan fingerprint density at radius 3 is 2.67 bits per heavy atom. The third kappa shape index (κ3) is 3.19. The zero-order chi connectivity index (χ0) is 15.4. The van der Waals surface area contributed by atoms with Crippen LogP contribution in [-0.2, 0) is 4.79 Å². The van der Waals surface area contributed by atoms with Gasteiger partial charge in [0.25, 0.3) is 5.91 Å². The lowest BCUT2D eigenvalue weighted by atomic mass is 10.1. The summed E-state index contributed by atoms with van der Waals surface area (Å²) in [4.78, 5) is 23.9. The van der Waals surface area contributed by atoms with Gasteiger partial charge in [0.15, 0.2) is 6.04 Å². The first-order valence-corrected chi connectivity index (χ1v) is 6.82. The van der Waals surface area contributed by atoms with Crippen LogP contribution in [0.15, 0.2) is 35.7 Å². The Morgan fingerprint density at radius 1 is 1.33 bits per heavy atom. The maximum absolute atomic E-state index is 13.8. The Morgan fingerprint density at radius 2 is 2.10 bits per heavy atom. The molecule has 1 amide bonds. The van der Waals surface area contributed by atoms with Gasteiger partial charge in [0, 0.05) is 4.88 Å². The zero-order valence-corrected chi connectivity index (χ0v) is 11.8. The van der Waals surface area contributed by atoms with Gasteiger partial charge in [0.05, 0.1) is 7.11 Å². The van der Waals surface area contributed by atoms with Crippen molar-refractivity contribution in [2.24, 2.45) is 0 Å². The highest BCUT2D eigenvalue weighted by Gasteiger charge is 2.26. The quantitative estimate of drug-likeness (QED) is 0.889. The maximum atomic E-state index is 13.8. The average Bonchev–Trinajstić information content (AvgIpc) is 2.97. The van der Waals surface area contributed by atoms with Gasteiger partial charge in [-0.3, -0.25) is 4.79 Å². The van der Waals surface area contributed by atoms with Crippen molar-refractivity contribution < 1.29 is 23.8 Å². The molecule has 1 atom stereocenters. The highest BCUT2D eigenvalue weighted by atomic mass is 32.1. The van der Waals surface area contributed by atoms with E-state index in [1.807, 2.05) is 0 Å². The van der Waals surface area contributed by atoms with Gasteiger partial charge in [-0.25, -0.2) is 9.18 Å². The minimum atomic E-state index is -1.23. The van der Waals surface area contributed by atoms with E-state index in [0.29, 0.717) is 4.88 Å². The second-order valence-corrected chi connectivity index (χ2v) is 5.06. The first-order valence-electron chi connectivity index (χ1n) is 5.94. The molecule has 21 heavy (non-hydrogen) atoms. The molecule has 1 aromatic heterocycles. The summed E-state index contributed by atoms with van der Waals surface area (Å²) in [5, 5.41) is 13.2. The highest BCUT2D eigenvalue weighted by Crippen LogP contribution is 2.24. The summed E-state index contributed by atoms with van der Waals surface area (Å²) in [6.07, 6.45) is 0. The van der Waals surface area contributed by atoms with Crippen molar-refractivity contribution in [1.29, 1.82) is 0 Å². The summed E-state index contributed by atoms with van der Waals surface area (Å²) in [6, 6.07) is 5.96. The topological polar surface area (TPSA) is 75.6 Å². The number of ether oxygens (including phenoxy) is 1. The van der Waals surface area contributed by atoms with Gasteiger partial charge < -0.3 is 15.2 Å². The Kier molecular flexibility index (Phi) is 4.54. The highest BCUT2D eigenvalue weighted by molar-refractivity contribution is 7.10. The van der Waals surface area contributed by atoms with Gasteiger partial charge in [0.2, 0.25) is 0 Å². The van der Waals surface area contributed by atoms with Crippen molar-refractivity contribution in [3.05, 3.63) is 52.0 Å². The van der Waals surface area contributed by atoms with E-state index in [9.17, 15) is 19.1 Å². The Hall–Kier alpha value is -2.41. The van der Waals surface area contributed by atoms with E-state index in [1.165, 1.54) is 30.6 Å². The number of benzene rings is 1. The number of thiophene rings is 1. The molecular weight excluding hydrogens is 297 g/mol. The zero-order valence-electron chi connectivity index (χ0n) is 11.0. The van der Waals surface area contributed by atoms with Crippen LogP contribution in [0.5, 0.6) is 5.75 Å². The average molecular weight is 309 g/mol. The van der Waals surface area contributed by atoms with Crippen molar-refractivity contribution in [2.75, 3.05) is 7.11 Å². The number of carbonyl (C=O) groups excluding carboxylic acids is 1. The first-order chi connectivity index (χ1) is 10.0. The molecule has 0 aliphatic carbocycles. The molecule has 0 bridgehead atoms. The van der Waals surface area contributed by atoms with Crippen molar-refractivity contribution in [1.82, 2.24) is 5.32 Å². The van der Waals surface area contributed by atoms with Gasteiger partial charge in [-0.2, -0.15) is 0 Å².